The minimum Gasteiger partial charge on any atom is -0.352 e. The van der Waals surface area contributed by atoms with E-state index in [2.05, 4.69) is 10.6 Å². The van der Waals surface area contributed by atoms with Gasteiger partial charge in [-0.05, 0) is 46.2 Å². The van der Waals surface area contributed by atoms with Gasteiger partial charge in [-0.2, -0.15) is 0 Å². The lowest BCUT2D eigenvalue weighted by molar-refractivity contribution is -0.118. The minimum absolute atomic E-state index is 0. The molecule has 2 N–H and O–H groups in total. The normalized spacial score (nSPS) is 19.4. The van der Waals surface area contributed by atoms with Crippen LogP contribution in [0.3, 0.4) is 0 Å². The fourth-order valence-corrected chi connectivity index (χ4v) is 3.78. The second kappa shape index (κ2) is 7.44. The Bertz CT molecular complexity index is 779. The molecule has 7 heteroatoms. The predicted octanol–water partition coefficient (Wildman–Crippen LogP) is 2.30. The van der Waals surface area contributed by atoms with Crippen molar-refractivity contribution in [2.24, 2.45) is 0 Å². The number of halogens is 1. The Labute approximate surface area is 165 Å². The summed E-state index contributed by atoms with van der Waals surface area (Å²) in [5.41, 5.74) is 0.996. The molecular weight excluding hydrogens is 366 g/mol. The highest BCUT2D eigenvalue weighted by molar-refractivity contribution is 6.21. The number of hydrogen-bond donors (Lipinski definition) is 2. The molecule has 0 saturated carbocycles. The van der Waals surface area contributed by atoms with Gasteiger partial charge in [-0.15, -0.1) is 12.4 Å². The smallest absolute Gasteiger partial charge is 0.261 e. The lowest BCUT2D eigenvalue weighted by Crippen LogP contribution is -2.47. The molecule has 0 bridgehead atoms. The number of rotatable bonds is 5. The molecule has 0 aromatic heterocycles. The molecule has 0 radical (unpaired) electrons. The number of carbonyl (C=O) groups is 3. The van der Waals surface area contributed by atoms with Crippen LogP contribution in [-0.2, 0) is 4.79 Å². The number of carbonyl (C=O) groups excluding carboxylic acids is 3. The molecule has 6 nitrogen and oxygen atoms in total. The molecule has 2 aliphatic rings. The van der Waals surface area contributed by atoms with Crippen LogP contribution < -0.4 is 10.6 Å². The standard InChI is InChI=1S/C20H25N3O3.ClH/c1-19(2)12-15(20(3,4)22-19)16(24)21-10-7-11-23-17(25)13-8-5-6-9-14(13)18(23)26;/h5-6,8-9,12,22H,7,10-11H2,1-4H3,(H,21,24);1H. The van der Waals surface area contributed by atoms with Gasteiger partial charge in [-0.1, -0.05) is 18.2 Å². The van der Waals surface area contributed by atoms with Gasteiger partial charge in [0, 0.05) is 29.7 Å². The summed E-state index contributed by atoms with van der Waals surface area (Å²) in [7, 11) is 0. The molecule has 0 fully saturated rings. The number of fused-ring (bicyclic) bond motifs is 1. The zero-order valence-electron chi connectivity index (χ0n) is 16.1. The average Bonchev–Trinajstić information content (AvgIpc) is 2.94. The van der Waals surface area contributed by atoms with Gasteiger partial charge in [0.25, 0.3) is 11.8 Å². The van der Waals surface area contributed by atoms with Crippen LogP contribution in [0.25, 0.3) is 0 Å². The highest BCUT2D eigenvalue weighted by Gasteiger charge is 2.40. The molecule has 0 unspecified atom stereocenters. The van der Waals surface area contributed by atoms with E-state index in [9.17, 15) is 14.4 Å². The highest BCUT2D eigenvalue weighted by atomic mass is 35.5. The van der Waals surface area contributed by atoms with Crippen molar-refractivity contribution >= 4 is 30.1 Å². The third kappa shape index (κ3) is 4.06. The molecule has 27 heavy (non-hydrogen) atoms. The van der Waals surface area contributed by atoms with E-state index in [4.69, 9.17) is 0 Å². The van der Waals surface area contributed by atoms with Crippen molar-refractivity contribution < 1.29 is 14.4 Å². The molecule has 2 aliphatic heterocycles. The highest BCUT2D eigenvalue weighted by Crippen LogP contribution is 2.29. The Balaban J connectivity index is 0.00000261. The monoisotopic (exact) mass is 391 g/mol. The first-order valence-corrected chi connectivity index (χ1v) is 8.88. The summed E-state index contributed by atoms with van der Waals surface area (Å²) in [5, 5.41) is 6.30. The van der Waals surface area contributed by atoms with Crippen molar-refractivity contribution in [3.8, 4) is 0 Å². The van der Waals surface area contributed by atoms with E-state index < -0.39 is 5.54 Å². The molecule has 0 saturated heterocycles. The molecule has 0 aliphatic carbocycles. The van der Waals surface area contributed by atoms with Crippen LogP contribution in [0.2, 0.25) is 0 Å². The maximum atomic E-state index is 12.5. The molecule has 146 valence electrons. The van der Waals surface area contributed by atoms with Gasteiger partial charge in [0.15, 0.2) is 0 Å². The van der Waals surface area contributed by atoms with Gasteiger partial charge < -0.3 is 5.32 Å². The number of nitrogens with one attached hydrogen (secondary N) is 2. The Kier molecular flexibility index (Phi) is 5.82. The van der Waals surface area contributed by atoms with Crippen LogP contribution in [0.1, 0.15) is 54.8 Å². The van der Waals surface area contributed by atoms with E-state index in [1.165, 1.54) is 4.90 Å². The summed E-state index contributed by atoms with van der Waals surface area (Å²) in [6.07, 6.45) is 2.47. The number of nitrogens with zero attached hydrogens (tertiary/aromatic N) is 1. The first-order valence-electron chi connectivity index (χ1n) is 8.88. The predicted molar refractivity (Wildman–Crippen MR) is 106 cm³/mol. The largest absolute Gasteiger partial charge is 0.352 e. The van der Waals surface area contributed by atoms with Crippen LogP contribution in [0.15, 0.2) is 35.9 Å². The van der Waals surface area contributed by atoms with E-state index in [-0.39, 0.29) is 35.7 Å². The maximum Gasteiger partial charge on any atom is 0.261 e. The summed E-state index contributed by atoms with van der Waals surface area (Å²) in [5.74, 6) is -0.638. The number of benzene rings is 1. The maximum absolute atomic E-state index is 12.5. The topological polar surface area (TPSA) is 78.5 Å². The van der Waals surface area contributed by atoms with E-state index in [0.29, 0.717) is 36.2 Å². The second-order valence-corrected chi connectivity index (χ2v) is 7.95. The minimum atomic E-state index is -0.393. The van der Waals surface area contributed by atoms with Gasteiger partial charge in [-0.3, -0.25) is 24.6 Å². The Hall–Kier alpha value is -2.18. The summed E-state index contributed by atoms with van der Waals surface area (Å²) >= 11 is 0. The summed E-state index contributed by atoms with van der Waals surface area (Å²) in [4.78, 5) is 38.3. The summed E-state index contributed by atoms with van der Waals surface area (Å²) in [6.45, 7) is 8.70. The lowest BCUT2D eigenvalue weighted by atomic mass is 9.96. The van der Waals surface area contributed by atoms with Gasteiger partial charge in [0.1, 0.15) is 0 Å². The number of imide groups is 1. The molecule has 3 rings (SSSR count). The van der Waals surface area contributed by atoms with Crippen LogP contribution in [-0.4, -0.2) is 46.8 Å². The van der Waals surface area contributed by atoms with Crippen LogP contribution >= 0.6 is 12.4 Å². The van der Waals surface area contributed by atoms with E-state index in [0.717, 1.165) is 0 Å². The molecule has 1 aromatic rings. The molecular formula is C20H26ClN3O3. The molecule has 2 heterocycles. The number of hydrogen-bond acceptors (Lipinski definition) is 4. The van der Waals surface area contributed by atoms with Crippen molar-refractivity contribution in [2.45, 2.75) is 45.2 Å². The molecule has 0 spiro atoms. The average molecular weight is 392 g/mol. The van der Waals surface area contributed by atoms with Crippen molar-refractivity contribution in [1.29, 1.82) is 0 Å². The van der Waals surface area contributed by atoms with Gasteiger partial charge >= 0.3 is 0 Å². The van der Waals surface area contributed by atoms with Crippen LogP contribution in [0.5, 0.6) is 0 Å². The van der Waals surface area contributed by atoms with Crippen molar-refractivity contribution in [1.82, 2.24) is 15.5 Å². The Morgan fingerprint density at radius 1 is 1.07 bits per heavy atom. The molecule has 1 aromatic carbocycles. The van der Waals surface area contributed by atoms with E-state index >= 15 is 0 Å². The zero-order chi connectivity index (χ0) is 19.1. The van der Waals surface area contributed by atoms with Crippen LogP contribution in [0.4, 0.5) is 0 Å². The van der Waals surface area contributed by atoms with Gasteiger partial charge in [0.2, 0.25) is 5.91 Å². The van der Waals surface area contributed by atoms with E-state index in [1.54, 1.807) is 24.3 Å². The second-order valence-electron chi connectivity index (χ2n) is 7.95. The van der Waals surface area contributed by atoms with Gasteiger partial charge in [0.05, 0.1) is 11.1 Å². The Morgan fingerprint density at radius 3 is 2.11 bits per heavy atom. The Morgan fingerprint density at radius 2 is 1.63 bits per heavy atom. The lowest BCUT2D eigenvalue weighted by Gasteiger charge is -2.27. The van der Waals surface area contributed by atoms with Crippen molar-refractivity contribution in [3.05, 3.63) is 47.0 Å². The first kappa shape index (κ1) is 21.1. The van der Waals surface area contributed by atoms with Gasteiger partial charge in [-0.25, -0.2) is 0 Å². The quantitative estimate of drug-likeness (QED) is 0.596. The fraction of sp³-hybridized carbons (Fsp3) is 0.450. The van der Waals surface area contributed by atoms with Crippen molar-refractivity contribution in [2.75, 3.05) is 13.1 Å². The summed E-state index contributed by atoms with van der Waals surface area (Å²) in [6, 6.07) is 6.84. The third-order valence-electron chi connectivity index (χ3n) is 4.78. The fourth-order valence-electron chi connectivity index (χ4n) is 3.78. The SMILES string of the molecule is CC1(C)C=C(C(=O)NCCCN2C(=O)c3ccccc3C2=O)C(C)(C)N1.Cl. The zero-order valence-corrected chi connectivity index (χ0v) is 16.9. The van der Waals surface area contributed by atoms with Crippen LogP contribution in [0, 0.1) is 0 Å². The summed E-state index contributed by atoms with van der Waals surface area (Å²) < 4.78 is 0. The van der Waals surface area contributed by atoms with Crippen molar-refractivity contribution in [3.63, 3.8) is 0 Å². The first-order chi connectivity index (χ1) is 12.1. The molecule has 0 atom stereocenters. The number of amides is 3. The molecule has 3 amide bonds. The van der Waals surface area contributed by atoms with E-state index in [1.807, 2.05) is 33.8 Å². The third-order valence-corrected chi connectivity index (χ3v) is 4.78.